The van der Waals surface area contributed by atoms with E-state index in [2.05, 4.69) is 0 Å². The monoisotopic (exact) mass is 168 g/mol. The van der Waals surface area contributed by atoms with Crippen LogP contribution in [0, 0.1) is 0 Å². The molecule has 0 unspecified atom stereocenters. The fourth-order valence-electron chi connectivity index (χ4n) is 1.95. The molecule has 2 aliphatic heterocycles. The number of hydrogen-bond acceptors (Lipinski definition) is 2. The predicted molar refractivity (Wildman–Crippen MR) is 42.4 cm³/mol. The van der Waals surface area contributed by atoms with Crippen LogP contribution in [0.15, 0.2) is 0 Å². The van der Waals surface area contributed by atoms with Crippen LogP contribution in [-0.2, 0) is 9.59 Å². The standard InChI is InChI=1S/C8H12N2O2/c1-9-5-7(11)10-4-2-3-6(10)8(9)12/h6H,2-5H2,1H3/t6-/m0/s1. The topological polar surface area (TPSA) is 40.6 Å². The second-order valence-corrected chi connectivity index (χ2v) is 3.44. The van der Waals surface area contributed by atoms with Crippen LogP contribution < -0.4 is 0 Å². The fourth-order valence-corrected chi connectivity index (χ4v) is 1.95. The summed E-state index contributed by atoms with van der Waals surface area (Å²) in [6.07, 6.45) is 1.81. The van der Waals surface area contributed by atoms with Crippen molar-refractivity contribution in [1.29, 1.82) is 0 Å². The summed E-state index contributed by atoms with van der Waals surface area (Å²) < 4.78 is 0. The van der Waals surface area contributed by atoms with Gasteiger partial charge in [-0.15, -0.1) is 0 Å². The van der Waals surface area contributed by atoms with E-state index in [-0.39, 0.29) is 24.4 Å². The van der Waals surface area contributed by atoms with Crippen LogP contribution in [-0.4, -0.2) is 47.8 Å². The van der Waals surface area contributed by atoms with E-state index < -0.39 is 0 Å². The van der Waals surface area contributed by atoms with Crippen LogP contribution in [0.1, 0.15) is 12.8 Å². The maximum absolute atomic E-state index is 11.5. The molecule has 0 aromatic carbocycles. The van der Waals surface area contributed by atoms with Gasteiger partial charge in [-0.2, -0.15) is 0 Å². The molecule has 66 valence electrons. The van der Waals surface area contributed by atoms with Gasteiger partial charge in [0.2, 0.25) is 11.8 Å². The molecule has 2 saturated heterocycles. The Morgan fingerprint density at radius 3 is 2.92 bits per heavy atom. The molecule has 0 aromatic rings. The number of fused-ring (bicyclic) bond motifs is 1. The molecule has 0 bridgehead atoms. The molecule has 1 atom stereocenters. The summed E-state index contributed by atoms with van der Waals surface area (Å²) in [5.41, 5.74) is 0. The molecule has 4 heteroatoms. The van der Waals surface area contributed by atoms with Crippen LogP contribution in [0.4, 0.5) is 0 Å². The van der Waals surface area contributed by atoms with Crippen molar-refractivity contribution in [3.63, 3.8) is 0 Å². The SMILES string of the molecule is CN1CC(=O)N2CCC[C@H]2C1=O. The molecule has 0 aliphatic carbocycles. The van der Waals surface area contributed by atoms with Gasteiger partial charge in [0.25, 0.3) is 0 Å². The van der Waals surface area contributed by atoms with E-state index in [1.807, 2.05) is 0 Å². The Kier molecular flexibility index (Phi) is 1.56. The average Bonchev–Trinajstić information content (AvgIpc) is 2.48. The van der Waals surface area contributed by atoms with Crippen LogP contribution >= 0.6 is 0 Å². The summed E-state index contributed by atoms with van der Waals surface area (Å²) in [5, 5.41) is 0. The molecule has 0 radical (unpaired) electrons. The Bertz CT molecular complexity index is 239. The highest BCUT2D eigenvalue weighted by molar-refractivity contribution is 5.95. The van der Waals surface area contributed by atoms with Crippen molar-refractivity contribution in [2.45, 2.75) is 18.9 Å². The second-order valence-electron chi connectivity index (χ2n) is 3.44. The van der Waals surface area contributed by atoms with Gasteiger partial charge in [-0.1, -0.05) is 0 Å². The van der Waals surface area contributed by atoms with Crippen LogP contribution in [0.2, 0.25) is 0 Å². The summed E-state index contributed by atoms with van der Waals surface area (Å²) >= 11 is 0. The molecule has 2 aliphatic rings. The molecule has 0 spiro atoms. The number of carbonyl (C=O) groups excluding carboxylic acids is 2. The normalized spacial score (nSPS) is 29.6. The summed E-state index contributed by atoms with van der Waals surface area (Å²) in [5.74, 6) is 0.201. The molecular formula is C8H12N2O2. The summed E-state index contributed by atoms with van der Waals surface area (Å²) in [6, 6.07) is -0.142. The van der Waals surface area contributed by atoms with Crippen molar-refractivity contribution in [2.75, 3.05) is 20.1 Å². The lowest BCUT2D eigenvalue weighted by molar-refractivity contribution is -0.152. The Morgan fingerprint density at radius 2 is 2.17 bits per heavy atom. The van der Waals surface area contributed by atoms with Crippen LogP contribution in [0.3, 0.4) is 0 Å². The minimum Gasteiger partial charge on any atom is -0.335 e. The first kappa shape index (κ1) is 7.58. The highest BCUT2D eigenvalue weighted by atomic mass is 16.2. The minimum absolute atomic E-state index is 0.0969. The third-order valence-corrected chi connectivity index (χ3v) is 2.61. The molecular weight excluding hydrogens is 156 g/mol. The first-order chi connectivity index (χ1) is 5.70. The van der Waals surface area contributed by atoms with Gasteiger partial charge in [0, 0.05) is 13.6 Å². The highest BCUT2D eigenvalue weighted by Crippen LogP contribution is 2.22. The van der Waals surface area contributed by atoms with Crippen molar-refractivity contribution < 1.29 is 9.59 Å². The van der Waals surface area contributed by atoms with Crippen molar-refractivity contribution in [3.05, 3.63) is 0 Å². The lowest BCUT2D eigenvalue weighted by Crippen LogP contribution is -2.55. The number of carbonyl (C=O) groups is 2. The van der Waals surface area contributed by atoms with E-state index in [0.717, 1.165) is 19.4 Å². The number of nitrogens with zero attached hydrogens (tertiary/aromatic N) is 2. The van der Waals surface area contributed by atoms with E-state index in [1.54, 1.807) is 11.9 Å². The van der Waals surface area contributed by atoms with Gasteiger partial charge in [-0.05, 0) is 12.8 Å². The molecule has 0 aromatic heterocycles. The Balaban J connectivity index is 2.23. The van der Waals surface area contributed by atoms with Crippen LogP contribution in [0.5, 0.6) is 0 Å². The molecule has 2 heterocycles. The van der Waals surface area contributed by atoms with Gasteiger partial charge in [0.1, 0.15) is 6.04 Å². The van der Waals surface area contributed by atoms with Crippen molar-refractivity contribution in [2.24, 2.45) is 0 Å². The first-order valence-electron chi connectivity index (χ1n) is 4.24. The zero-order valence-corrected chi connectivity index (χ0v) is 7.12. The van der Waals surface area contributed by atoms with Crippen molar-refractivity contribution in [3.8, 4) is 0 Å². The van der Waals surface area contributed by atoms with Gasteiger partial charge in [-0.25, -0.2) is 0 Å². The van der Waals surface area contributed by atoms with E-state index in [4.69, 9.17) is 0 Å². The fraction of sp³-hybridized carbons (Fsp3) is 0.750. The van der Waals surface area contributed by atoms with E-state index >= 15 is 0 Å². The Hall–Kier alpha value is -1.06. The Morgan fingerprint density at radius 1 is 1.42 bits per heavy atom. The lowest BCUT2D eigenvalue weighted by Gasteiger charge is -2.34. The molecule has 0 N–H and O–H groups in total. The number of amides is 2. The quantitative estimate of drug-likeness (QED) is 0.487. The second kappa shape index (κ2) is 2.47. The van der Waals surface area contributed by atoms with E-state index in [0.29, 0.717) is 0 Å². The summed E-state index contributed by atoms with van der Waals surface area (Å²) in [7, 11) is 1.69. The number of piperazine rings is 1. The summed E-state index contributed by atoms with van der Waals surface area (Å²) in [4.78, 5) is 26.1. The van der Waals surface area contributed by atoms with Gasteiger partial charge < -0.3 is 9.80 Å². The number of likely N-dealkylation sites (N-methyl/N-ethyl adjacent to an activating group) is 1. The third-order valence-electron chi connectivity index (χ3n) is 2.61. The maximum atomic E-state index is 11.5. The number of rotatable bonds is 0. The maximum Gasteiger partial charge on any atom is 0.245 e. The minimum atomic E-state index is -0.142. The first-order valence-corrected chi connectivity index (χ1v) is 4.24. The molecule has 2 rings (SSSR count). The van der Waals surface area contributed by atoms with E-state index in [1.165, 1.54) is 4.90 Å². The smallest absolute Gasteiger partial charge is 0.245 e. The van der Waals surface area contributed by atoms with Crippen molar-refractivity contribution >= 4 is 11.8 Å². The third kappa shape index (κ3) is 0.906. The molecule has 4 nitrogen and oxygen atoms in total. The van der Waals surface area contributed by atoms with Crippen molar-refractivity contribution in [1.82, 2.24) is 9.80 Å². The van der Waals surface area contributed by atoms with Gasteiger partial charge >= 0.3 is 0 Å². The van der Waals surface area contributed by atoms with Crippen LogP contribution in [0.25, 0.3) is 0 Å². The molecule has 2 amide bonds. The zero-order valence-electron chi connectivity index (χ0n) is 7.12. The lowest BCUT2D eigenvalue weighted by atomic mass is 10.1. The van der Waals surface area contributed by atoms with Gasteiger partial charge in [-0.3, -0.25) is 9.59 Å². The average molecular weight is 168 g/mol. The molecule has 2 fully saturated rings. The molecule has 0 saturated carbocycles. The summed E-state index contributed by atoms with van der Waals surface area (Å²) in [6.45, 7) is 1.03. The largest absolute Gasteiger partial charge is 0.335 e. The van der Waals surface area contributed by atoms with Gasteiger partial charge in [0.05, 0.1) is 6.54 Å². The Labute approximate surface area is 71.1 Å². The van der Waals surface area contributed by atoms with E-state index in [9.17, 15) is 9.59 Å². The molecule has 12 heavy (non-hydrogen) atoms. The number of hydrogen-bond donors (Lipinski definition) is 0. The highest BCUT2D eigenvalue weighted by Gasteiger charge is 2.40. The predicted octanol–water partition coefficient (Wildman–Crippen LogP) is -0.551. The van der Waals surface area contributed by atoms with Gasteiger partial charge in [0.15, 0.2) is 0 Å². The zero-order chi connectivity index (χ0) is 8.72.